The molecule has 2 nitrogen and oxygen atoms in total. The van der Waals surface area contributed by atoms with Gasteiger partial charge in [0.1, 0.15) is 18.8 Å². The predicted molar refractivity (Wildman–Crippen MR) is 95.7 cm³/mol. The fourth-order valence-corrected chi connectivity index (χ4v) is 2.84. The minimum atomic E-state index is 0.162. The van der Waals surface area contributed by atoms with Crippen molar-refractivity contribution in [3.8, 4) is 11.8 Å². The Morgan fingerprint density at radius 2 is 1.67 bits per heavy atom. The zero-order valence-electron chi connectivity index (χ0n) is 13.3. The van der Waals surface area contributed by atoms with Gasteiger partial charge in [0.2, 0.25) is 0 Å². The molecule has 118 valence electrons. The topological polar surface area (TPSA) is 21.8 Å². The number of fused-ring (bicyclic) bond motifs is 1. The van der Waals surface area contributed by atoms with Crippen LogP contribution < -0.4 is 0 Å². The molecule has 0 amide bonds. The summed E-state index contributed by atoms with van der Waals surface area (Å²) in [4.78, 5) is 0. The largest absolute Gasteiger partial charge is 0.366 e. The molecule has 0 saturated carbocycles. The van der Waals surface area contributed by atoms with E-state index in [4.69, 9.17) is 9.47 Å². The first kappa shape index (κ1) is 15.0. The summed E-state index contributed by atoms with van der Waals surface area (Å²) in [6.07, 6.45) is 0.342. The number of hydrogen-bond donors (Lipinski definition) is 0. The smallest absolute Gasteiger partial charge is 0.112 e. The van der Waals surface area contributed by atoms with Crippen LogP contribution in [0.4, 0.5) is 0 Å². The minimum absolute atomic E-state index is 0.162. The van der Waals surface area contributed by atoms with Gasteiger partial charge in [-0.3, -0.25) is 0 Å². The highest BCUT2D eigenvalue weighted by Crippen LogP contribution is 2.38. The van der Waals surface area contributed by atoms with E-state index < -0.39 is 0 Å². The molecule has 1 heterocycles. The molecule has 0 radical (unpaired) electrons. The second-order valence-corrected chi connectivity index (χ2v) is 5.88. The van der Waals surface area contributed by atoms with Crippen LogP contribution in [-0.4, -0.2) is 19.3 Å². The molecule has 0 unspecified atom stereocenters. The van der Waals surface area contributed by atoms with Gasteiger partial charge in [0.25, 0.3) is 0 Å². The summed E-state index contributed by atoms with van der Waals surface area (Å²) in [6, 6.07) is 24.8. The SMILES string of the molecule is C(#Cc1ccc2ccccc2c1)COC[C@@H]1O[C@H]1c1ccccc1. The van der Waals surface area contributed by atoms with E-state index >= 15 is 0 Å². The van der Waals surface area contributed by atoms with Gasteiger partial charge in [0, 0.05) is 5.56 Å². The molecule has 24 heavy (non-hydrogen) atoms. The van der Waals surface area contributed by atoms with Gasteiger partial charge in [-0.05, 0) is 28.5 Å². The molecule has 4 rings (SSSR count). The maximum absolute atomic E-state index is 5.64. The molecular weight excluding hydrogens is 296 g/mol. The molecule has 0 aromatic heterocycles. The predicted octanol–water partition coefficient (Wildman–Crippen LogP) is 4.35. The Balaban J connectivity index is 1.27. The monoisotopic (exact) mass is 314 g/mol. The maximum atomic E-state index is 5.64. The van der Waals surface area contributed by atoms with Gasteiger partial charge < -0.3 is 9.47 Å². The van der Waals surface area contributed by atoms with Crippen LogP contribution in [0.5, 0.6) is 0 Å². The summed E-state index contributed by atoms with van der Waals surface area (Å²) in [5, 5.41) is 2.44. The Morgan fingerprint density at radius 1 is 0.875 bits per heavy atom. The lowest BCUT2D eigenvalue weighted by Gasteiger charge is -1.98. The van der Waals surface area contributed by atoms with Crippen LogP contribution in [0.3, 0.4) is 0 Å². The average Bonchev–Trinajstić information content (AvgIpc) is 3.42. The Labute approximate surface area is 142 Å². The van der Waals surface area contributed by atoms with Gasteiger partial charge in [-0.15, -0.1) is 0 Å². The van der Waals surface area contributed by atoms with Gasteiger partial charge >= 0.3 is 0 Å². The molecule has 0 spiro atoms. The van der Waals surface area contributed by atoms with E-state index in [1.165, 1.54) is 16.3 Å². The summed E-state index contributed by atoms with van der Waals surface area (Å²) in [5.41, 5.74) is 2.23. The second kappa shape index (κ2) is 6.88. The average molecular weight is 314 g/mol. The molecule has 3 aromatic rings. The van der Waals surface area contributed by atoms with Crippen molar-refractivity contribution in [2.75, 3.05) is 13.2 Å². The second-order valence-electron chi connectivity index (χ2n) is 5.88. The molecule has 2 heteroatoms. The van der Waals surface area contributed by atoms with E-state index in [0.29, 0.717) is 13.2 Å². The lowest BCUT2D eigenvalue weighted by molar-refractivity contribution is 0.145. The maximum Gasteiger partial charge on any atom is 0.112 e. The van der Waals surface area contributed by atoms with Crippen LogP contribution in [0.15, 0.2) is 72.8 Å². The first-order valence-electron chi connectivity index (χ1n) is 8.16. The minimum Gasteiger partial charge on any atom is -0.366 e. The summed E-state index contributed by atoms with van der Waals surface area (Å²) in [5.74, 6) is 6.23. The molecule has 1 aliphatic rings. The number of benzene rings is 3. The Bertz CT molecular complexity index is 890. The number of ether oxygens (including phenoxy) is 2. The molecule has 0 bridgehead atoms. The first-order valence-corrected chi connectivity index (χ1v) is 8.16. The van der Waals surface area contributed by atoms with Crippen molar-refractivity contribution in [2.24, 2.45) is 0 Å². The highest BCUT2D eigenvalue weighted by atomic mass is 16.6. The highest BCUT2D eigenvalue weighted by Gasteiger charge is 2.39. The van der Waals surface area contributed by atoms with Gasteiger partial charge in [0.05, 0.1) is 6.61 Å². The number of epoxide rings is 1. The fourth-order valence-electron chi connectivity index (χ4n) is 2.84. The van der Waals surface area contributed by atoms with Crippen LogP contribution in [0, 0.1) is 11.8 Å². The first-order chi connectivity index (χ1) is 11.9. The van der Waals surface area contributed by atoms with Gasteiger partial charge in [-0.1, -0.05) is 72.5 Å². The molecule has 0 aliphatic carbocycles. The molecule has 1 aliphatic heterocycles. The highest BCUT2D eigenvalue weighted by molar-refractivity contribution is 5.83. The lowest BCUT2D eigenvalue weighted by atomic mass is 10.1. The summed E-state index contributed by atoms with van der Waals surface area (Å²) in [7, 11) is 0. The van der Waals surface area contributed by atoms with Gasteiger partial charge in [-0.2, -0.15) is 0 Å². The van der Waals surface area contributed by atoms with Gasteiger partial charge in [-0.25, -0.2) is 0 Å². The zero-order chi connectivity index (χ0) is 16.2. The quantitative estimate of drug-likeness (QED) is 0.406. The molecular formula is C22H18O2. The number of hydrogen-bond acceptors (Lipinski definition) is 2. The van der Waals surface area contributed by atoms with E-state index in [1.54, 1.807) is 0 Å². The zero-order valence-corrected chi connectivity index (χ0v) is 13.3. The van der Waals surface area contributed by atoms with Crippen LogP contribution >= 0.6 is 0 Å². The molecule has 0 N–H and O–H groups in total. The van der Waals surface area contributed by atoms with Crippen molar-refractivity contribution in [1.82, 2.24) is 0 Å². The number of rotatable bonds is 4. The fraction of sp³-hybridized carbons (Fsp3) is 0.182. The van der Waals surface area contributed by atoms with Crippen LogP contribution in [0.25, 0.3) is 10.8 Å². The Morgan fingerprint density at radius 3 is 2.54 bits per heavy atom. The molecule has 1 fully saturated rings. The van der Waals surface area contributed by atoms with Crippen molar-refractivity contribution < 1.29 is 9.47 Å². The van der Waals surface area contributed by atoms with Gasteiger partial charge in [0.15, 0.2) is 0 Å². The van der Waals surface area contributed by atoms with Crippen molar-refractivity contribution in [2.45, 2.75) is 12.2 Å². The molecule has 2 atom stereocenters. The van der Waals surface area contributed by atoms with Crippen molar-refractivity contribution in [3.05, 3.63) is 83.9 Å². The summed E-state index contributed by atoms with van der Waals surface area (Å²) < 4.78 is 11.3. The molecule has 1 saturated heterocycles. The van der Waals surface area contributed by atoms with Crippen LogP contribution in [0.1, 0.15) is 17.2 Å². The Hall–Kier alpha value is -2.60. The van der Waals surface area contributed by atoms with Crippen LogP contribution in [-0.2, 0) is 9.47 Å². The molecule has 3 aromatic carbocycles. The standard InChI is InChI=1S/C22H18O2/c1-2-9-19(10-3-1)22-21(24-22)16-23-14-6-7-17-12-13-18-8-4-5-11-20(18)15-17/h1-5,8-13,15,21-22H,14,16H2/t21-,22-/m0/s1. The van der Waals surface area contributed by atoms with E-state index in [-0.39, 0.29) is 12.2 Å². The lowest BCUT2D eigenvalue weighted by Crippen LogP contribution is -2.02. The van der Waals surface area contributed by atoms with Crippen LogP contribution in [0.2, 0.25) is 0 Å². The van der Waals surface area contributed by atoms with Crippen molar-refractivity contribution in [3.63, 3.8) is 0 Å². The van der Waals surface area contributed by atoms with E-state index in [9.17, 15) is 0 Å². The van der Waals surface area contributed by atoms with Crippen molar-refractivity contribution >= 4 is 10.8 Å². The van der Waals surface area contributed by atoms with Crippen molar-refractivity contribution in [1.29, 1.82) is 0 Å². The normalized spacial score (nSPS) is 18.8. The summed E-state index contributed by atoms with van der Waals surface area (Å²) >= 11 is 0. The third-order valence-corrected chi connectivity index (χ3v) is 4.15. The Kier molecular flexibility index (Phi) is 4.29. The third-order valence-electron chi connectivity index (χ3n) is 4.15. The van der Waals surface area contributed by atoms with E-state index in [2.05, 4.69) is 48.2 Å². The summed E-state index contributed by atoms with van der Waals surface area (Å²) in [6.45, 7) is 1.01. The third kappa shape index (κ3) is 3.49. The van der Waals surface area contributed by atoms with E-state index in [1.807, 2.05) is 36.4 Å². The van der Waals surface area contributed by atoms with E-state index in [0.717, 1.165) is 5.56 Å².